The number of rotatable bonds is 5. The van der Waals surface area contributed by atoms with Gasteiger partial charge in [0.1, 0.15) is 0 Å². The maximum atomic E-state index is 12.1. The third-order valence-electron chi connectivity index (χ3n) is 2.75. The summed E-state index contributed by atoms with van der Waals surface area (Å²) < 4.78 is 1.93. The molecule has 0 aromatic carbocycles. The van der Waals surface area contributed by atoms with Gasteiger partial charge in [-0.15, -0.1) is 0 Å². The van der Waals surface area contributed by atoms with E-state index >= 15 is 0 Å². The molecule has 112 valence electrons. The van der Waals surface area contributed by atoms with E-state index in [2.05, 4.69) is 10.4 Å². The number of aromatic nitrogens is 3. The largest absolute Gasteiger partial charge is 0.350 e. The number of hydrogen-bond donors (Lipinski definition) is 2. The average molecular weight is 312 g/mol. The van der Waals surface area contributed by atoms with Gasteiger partial charge in [-0.3, -0.25) is 24.9 Å². The number of hydrazine groups is 1. The number of nitrogens with two attached hydrogens (primary N) is 1. The first kappa shape index (κ1) is 14.9. The summed E-state index contributed by atoms with van der Waals surface area (Å²) in [5.41, 5.74) is 0.155. The molecule has 0 fully saturated rings. The molecule has 3 N–H and O–H groups in total. The van der Waals surface area contributed by atoms with Crippen molar-refractivity contribution < 1.29 is 4.92 Å². The Morgan fingerprint density at radius 1 is 1.52 bits per heavy atom. The van der Waals surface area contributed by atoms with Crippen LogP contribution in [0.25, 0.3) is 0 Å². The van der Waals surface area contributed by atoms with E-state index < -0.39 is 21.9 Å². The molecule has 0 aliphatic heterocycles. The van der Waals surface area contributed by atoms with Gasteiger partial charge in [0.2, 0.25) is 0 Å². The van der Waals surface area contributed by atoms with Gasteiger partial charge >= 0.3 is 16.9 Å². The molecule has 10 nitrogen and oxygen atoms in total. The number of aryl methyl sites for hydroxylation is 1. The van der Waals surface area contributed by atoms with Gasteiger partial charge in [-0.1, -0.05) is 11.3 Å². The minimum absolute atomic E-state index is 0.0985. The van der Waals surface area contributed by atoms with Gasteiger partial charge in [-0.2, -0.15) is 0 Å². The lowest BCUT2D eigenvalue weighted by atomic mass is 10.4. The zero-order chi connectivity index (χ0) is 15.6. The predicted molar refractivity (Wildman–Crippen MR) is 76.3 cm³/mol. The fraction of sp³-hybridized carbons (Fsp3) is 0.300. The normalized spacial score (nSPS) is 10.6. The third kappa shape index (κ3) is 2.83. The first-order valence-corrected chi connectivity index (χ1v) is 6.69. The average Bonchev–Trinajstić information content (AvgIpc) is 2.91. The van der Waals surface area contributed by atoms with Gasteiger partial charge in [0, 0.05) is 17.6 Å². The summed E-state index contributed by atoms with van der Waals surface area (Å²) >= 11 is 1.15. The number of anilines is 1. The van der Waals surface area contributed by atoms with Crippen molar-refractivity contribution in [3.05, 3.63) is 48.2 Å². The summed E-state index contributed by atoms with van der Waals surface area (Å²) in [6.07, 6.45) is 2.40. The van der Waals surface area contributed by atoms with Crippen LogP contribution < -0.4 is 22.5 Å². The second-order valence-corrected chi connectivity index (χ2v) is 5.12. The minimum atomic E-state index is -0.939. The molecule has 0 aliphatic rings. The van der Waals surface area contributed by atoms with Crippen LogP contribution in [0.15, 0.2) is 22.0 Å². The number of hydrogen-bond acceptors (Lipinski definition) is 8. The maximum absolute atomic E-state index is 12.1. The van der Waals surface area contributed by atoms with Gasteiger partial charge in [-0.05, 0) is 6.92 Å². The lowest BCUT2D eigenvalue weighted by Crippen LogP contribution is -2.40. The monoisotopic (exact) mass is 312 g/mol. The standard InChI is InChI=1S/C10H12N6O4S/c1-2-14-5-7(16(19)20)8(17)15(10(14)18)4-6-3-12-9(13-11)21-6/h3,5H,2,4,11H2,1H3,(H,12,13). The molecule has 11 heteroatoms. The molecule has 0 unspecified atom stereocenters. The van der Waals surface area contributed by atoms with Crippen molar-refractivity contribution in [2.24, 2.45) is 5.84 Å². The molecular formula is C10H12N6O4S. The van der Waals surface area contributed by atoms with Crippen LogP contribution in [0.1, 0.15) is 11.8 Å². The van der Waals surface area contributed by atoms with Crippen LogP contribution in [0, 0.1) is 10.1 Å². The highest BCUT2D eigenvalue weighted by atomic mass is 32.1. The molecule has 0 amide bonds. The molecule has 0 atom stereocenters. The molecule has 0 saturated carbocycles. The highest BCUT2D eigenvalue weighted by Crippen LogP contribution is 2.17. The first-order valence-electron chi connectivity index (χ1n) is 5.88. The van der Waals surface area contributed by atoms with Crippen molar-refractivity contribution >= 4 is 22.2 Å². The van der Waals surface area contributed by atoms with Crippen molar-refractivity contribution in [3.63, 3.8) is 0 Å². The Bertz CT molecular complexity index is 792. The van der Waals surface area contributed by atoms with Crippen molar-refractivity contribution in [1.29, 1.82) is 0 Å². The fourth-order valence-corrected chi connectivity index (χ4v) is 2.44. The van der Waals surface area contributed by atoms with Crippen molar-refractivity contribution in [1.82, 2.24) is 14.1 Å². The molecule has 0 saturated heterocycles. The van der Waals surface area contributed by atoms with Gasteiger partial charge in [0.15, 0.2) is 5.13 Å². The lowest BCUT2D eigenvalue weighted by Gasteiger charge is -2.07. The number of nitrogens with zero attached hydrogens (tertiary/aromatic N) is 4. The Hall–Kier alpha value is -2.53. The summed E-state index contributed by atoms with van der Waals surface area (Å²) in [5.74, 6) is 5.20. The highest BCUT2D eigenvalue weighted by molar-refractivity contribution is 7.15. The second kappa shape index (κ2) is 5.85. The SMILES string of the molecule is CCn1cc([N+](=O)[O-])c(=O)n(Cc2cnc(NN)s2)c1=O. The van der Waals surface area contributed by atoms with E-state index in [-0.39, 0.29) is 13.1 Å². The highest BCUT2D eigenvalue weighted by Gasteiger charge is 2.20. The zero-order valence-electron chi connectivity index (χ0n) is 11.0. The Balaban J connectivity index is 2.56. The van der Waals surface area contributed by atoms with E-state index in [1.807, 2.05) is 0 Å². The van der Waals surface area contributed by atoms with Crippen LogP contribution >= 0.6 is 11.3 Å². The van der Waals surface area contributed by atoms with Crippen molar-refractivity contribution in [2.45, 2.75) is 20.0 Å². The number of nitrogens with one attached hydrogen (secondary N) is 1. The van der Waals surface area contributed by atoms with E-state index in [1.54, 1.807) is 6.92 Å². The van der Waals surface area contributed by atoms with Crippen LogP contribution in [0.2, 0.25) is 0 Å². The Morgan fingerprint density at radius 3 is 2.76 bits per heavy atom. The molecule has 21 heavy (non-hydrogen) atoms. The summed E-state index contributed by atoms with van der Waals surface area (Å²) in [4.78, 5) is 38.7. The fourth-order valence-electron chi connectivity index (χ4n) is 1.73. The summed E-state index contributed by atoms with van der Waals surface area (Å²) in [6, 6.07) is 0. The molecule has 0 aliphatic carbocycles. The van der Waals surface area contributed by atoms with E-state index in [9.17, 15) is 19.7 Å². The van der Waals surface area contributed by atoms with Crippen LogP contribution in [-0.2, 0) is 13.1 Å². The molecule has 0 spiro atoms. The molecule has 2 aromatic rings. The summed E-state index contributed by atoms with van der Waals surface area (Å²) in [6.45, 7) is 1.78. The van der Waals surface area contributed by atoms with Crippen molar-refractivity contribution in [3.8, 4) is 0 Å². The van der Waals surface area contributed by atoms with Gasteiger partial charge in [0.25, 0.3) is 0 Å². The van der Waals surface area contributed by atoms with Gasteiger partial charge in [-0.25, -0.2) is 20.2 Å². The van der Waals surface area contributed by atoms with Crippen molar-refractivity contribution in [2.75, 3.05) is 5.43 Å². The van der Waals surface area contributed by atoms with Gasteiger partial charge in [0.05, 0.1) is 17.7 Å². The lowest BCUT2D eigenvalue weighted by molar-refractivity contribution is -0.387. The Kier molecular flexibility index (Phi) is 4.14. The number of thiazole rings is 1. The Labute approximate surface area is 121 Å². The number of nitro groups is 1. The van der Waals surface area contributed by atoms with E-state index in [0.29, 0.717) is 10.0 Å². The molecule has 2 rings (SSSR count). The maximum Gasteiger partial charge on any atom is 0.350 e. The summed E-state index contributed by atoms with van der Waals surface area (Å²) in [5, 5.41) is 11.3. The molecule has 0 bridgehead atoms. The molecule has 2 aromatic heterocycles. The zero-order valence-corrected chi connectivity index (χ0v) is 11.8. The quantitative estimate of drug-likeness (QED) is 0.440. The summed E-state index contributed by atoms with van der Waals surface area (Å²) in [7, 11) is 0. The second-order valence-electron chi connectivity index (χ2n) is 4.01. The van der Waals surface area contributed by atoms with Crippen LogP contribution in [0.3, 0.4) is 0 Å². The van der Waals surface area contributed by atoms with E-state index in [0.717, 1.165) is 26.7 Å². The first-order chi connectivity index (χ1) is 9.97. The topological polar surface area (TPSA) is 138 Å². The minimum Gasteiger partial charge on any atom is -0.300 e. The molecule has 0 radical (unpaired) electrons. The van der Waals surface area contributed by atoms with Gasteiger partial charge < -0.3 is 0 Å². The van der Waals surface area contributed by atoms with Crippen LogP contribution in [0.5, 0.6) is 0 Å². The Morgan fingerprint density at radius 2 is 2.24 bits per heavy atom. The predicted octanol–water partition coefficient (Wildman–Crippen LogP) is -0.272. The third-order valence-corrected chi connectivity index (χ3v) is 3.66. The number of nitrogen functional groups attached to an aromatic ring is 1. The smallest absolute Gasteiger partial charge is 0.300 e. The van der Waals surface area contributed by atoms with E-state index in [1.165, 1.54) is 6.20 Å². The van der Waals surface area contributed by atoms with E-state index in [4.69, 9.17) is 5.84 Å². The van der Waals surface area contributed by atoms with Crippen LogP contribution in [-0.4, -0.2) is 19.0 Å². The molecule has 2 heterocycles. The molecular weight excluding hydrogens is 300 g/mol. The van der Waals surface area contributed by atoms with Crippen LogP contribution in [0.4, 0.5) is 10.8 Å².